The molecule has 1 amide bonds. The number of nitrogens with one attached hydrogen (secondary N) is 1. The van der Waals surface area contributed by atoms with E-state index in [4.69, 9.17) is 20.8 Å². The summed E-state index contributed by atoms with van der Waals surface area (Å²) in [6, 6.07) is 1.03. The van der Waals surface area contributed by atoms with Crippen molar-refractivity contribution in [1.29, 1.82) is 0 Å². The van der Waals surface area contributed by atoms with Crippen LogP contribution in [0.1, 0.15) is 39.6 Å². The third-order valence-corrected chi connectivity index (χ3v) is 4.78. The Morgan fingerprint density at radius 1 is 1.54 bits per heavy atom. The van der Waals surface area contributed by atoms with Crippen LogP contribution in [0.5, 0.6) is 0 Å². The van der Waals surface area contributed by atoms with Crippen molar-refractivity contribution in [3.8, 4) is 0 Å². The van der Waals surface area contributed by atoms with Crippen LogP contribution in [0.15, 0.2) is 15.0 Å². The zero-order valence-corrected chi connectivity index (χ0v) is 18.0. The number of alkyl carbamates (subject to hydrolysis) is 1. The smallest absolute Gasteiger partial charge is 0.407 e. The van der Waals surface area contributed by atoms with Crippen molar-refractivity contribution in [2.45, 2.75) is 45.4 Å². The summed E-state index contributed by atoms with van der Waals surface area (Å²) in [4.78, 5) is 16.0. The zero-order valence-electron chi connectivity index (χ0n) is 13.5. The van der Waals surface area contributed by atoms with E-state index in [-0.39, 0.29) is 5.76 Å². The maximum Gasteiger partial charge on any atom is 0.407 e. The Bertz CT molecular complexity index is 775. The molecule has 0 aliphatic heterocycles. The maximum atomic E-state index is 11.8. The van der Waals surface area contributed by atoms with Gasteiger partial charge >= 0.3 is 6.09 Å². The lowest BCUT2D eigenvalue weighted by molar-refractivity contribution is 0.0416. The molecule has 0 aliphatic carbocycles. The highest BCUT2D eigenvalue weighted by Crippen LogP contribution is 2.37. The average molecular weight is 532 g/mol. The second kappa shape index (κ2) is 7.35. The lowest BCUT2D eigenvalue weighted by atomic mass is 10.1. The number of rotatable bonds is 3. The van der Waals surface area contributed by atoms with E-state index in [0.29, 0.717) is 20.7 Å². The molecule has 0 aromatic carbocycles. The number of hydrogen-bond acceptors (Lipinski definition) is 5. The molecule has 2 atom stereocenters. The molecule has 9 heteroatoms. The van der Waals surface area contributed by atoms with Crippen molar-refractivity contribution < 1.29 is 19.1 Å². The van der Waals surface area contributed by atoms with Crippen LogP contribution < -0.4 is 5.32 Å². The predicted octanol–water partition coefficient (Wildman–Crippen LogP) is 4.79. The first-order valence-corrected chi connectivity index (χ1v) is 9.36. The van der Waals surface area contributed by atoms with Gasteiger partial charge in [-0.15, -0.1) is 0 Å². The molecular weight excluding hydrogens is 514 g/mol. The lowest BCUT2D eigenvalue weighted by Crippen LogP contribution is -2.40. The number of furan rings is 1. The number of nitrogens with zero attached hydrogens (tertiary/aromatic N) is 1. The number of carbonyl (C=O) groups is 1. The summed E-state index contributed by atoms with van der Waals surface area (Å²) < 4.78 is 12.2. The monoisotopic (exact) mass is 530 g/mol. The number of hydrogen-bond donors (Lipinski definition) is 2. The Kier molecular flexibility index (Phi) is 6.04. The minimum absolute atomic E-state index is 0.265. The summed E-state index contributed by atoms with van der Waals surface area (Å²) in [6.45, 7) is 6.95. The topological polar surface area (TPSA) is 84.6 Å². The van der Waals surface area contributed by atoms with Gasteiger partial charge in [0.2, 0.25) is 0 Å². The molecule has 0 radical (unpaired) electrons. The number of ether oxygens (including phenoxy) is 1. The maximum absolute atomic E-state index is 11.8. The highest BCUT2D eigenvalue weighted by atomic mass is 127. The molecule has 132 valence electrons. The number of carbonyl (C=O) groups excluding carboxylic acids is 1. The molecule has 0 spiro atoms. The van der Waals surface area contributed by atoms with Crippen molar-refractivity contribution in [2.24, 2.45) is 0 Å². The molecule has 2 rings (SSSR count). The quantitative estimate of drug-likeness (QED) is 0.439. The summed E-state index contributed by atoms with van der Waals surface area (Å²) in [5.41, 5.74) is 0.418. The number of aliphatic hydroxyl groups is 1. The minimum atomic E-state index is -1.09. The highest BCUT2D eigenvalue weighted by molar-refractivity contribution is 14.1. The zero-order chi connectivity index (χ0) is 18.2. The average Bonchev–Trinajstić information content (AvgIpc) is 2.73. The molecule has 0 aliphatic rings. The molecule has 2 heterocycles. The van der Waals surface area contributed by atoms with E-state index in [2.05, 4.69) is 48.8 Å². The van der Waals surface area contributed by atoms with Crippen LogP contribution in [-0.2, 0) is 4.74 Å². The number of aromatic nitrogens is 1. The molecule has 2 N–H and O–H groups in total. The van der Waals surface area contributed by atoms with Crippen LogP contribution in [0.3, 0.4) is 0 Å². The number of amides is 1. The Morgan fingerprint density at radius 2 is 2.17 bits per heavy atom. The fraction of sp³-hybridized carbons (Fsp3) is 0.467. The van der Waals surface area contributed by atoms with Gasteiger partial charge in [-0.1, -0.05) is 11.6 Å². The van der Waals surface area contributed by atoms with Gasteiger partial charge in [0.25, 0.3) is 0 Å². The van der Waals surface area contributed by atoms with Crippen LogP contribution in [-0.4, -0.2) is 27.8 Å². The van der Waals surface area contributed by atoms with Gasteiger partial charge in [-0.2, -0.15) is 0 Å². The van der Waals surface area contributed by atoms with Crippen molar-refractivity contribution in [1.82, 2.24) is 10.3 Å². The van der Waals surface area contributed by atoms with E-state index < -0.39 is 23.8 Å². The second-order valence-corrected chi connectivity index (χ2v) is 8.61. The van der Waals surface area contributed by atoms with Crippen LogP contribution in [0.2, 0.25) is 5.15 Å². The largest absolute Gasteiger partial charge is 0.454 e. The van der Waals surface area contributed by atoms with Gasteiger partial charge in [-0.05, 0) is 72.3 Å². The molecule has 6 nitrogen and oxygen atoms in total. The van der Waals surface area contributed by atoms with Gasteiger partial charge < -0.3 is 19.6 Å². The van der Waals surface area contributed by atoms with Crippen molar-refractivity contribution in [3.63, 3.8) is 0 Å². The summed E-state index contributed by atoms with van der Waals surface area (Å²) in [7, 11) is 0. The molecule has 0 bridgehead atoms. The molecular formula is C15H17BrClIN2O4. The van der Waals surface area contributed by atoms with E-state index in [1.54, 1.807) is 33.8 Å². The van der Waals surface area contributed by atoms with Crippen molar-refractivity contribution in [2.75, 3.05) is 0 Å². The number of aliphatic hydroxyl groups excluding tert-OH is 1. The van der Waals surface area contributed by atoms with E-state index in [9.17, 15) is 9.90 Å². The minimum Gasteiger partial charge on any atom is -0.454 e. The first-order valence-electron chi connectivity index (χ1n) is 7.11. The molecule has 2 aromatic rings. The highest BCUT2D eigenvalue weighted by Gasteiger charge is 2.28. The van der Waals surface area contributed by atoms with Gasteiger partial charge in [-0.25, -0.2) is 9.78 Å². The summed E-state index contributed by atoms with van der Waals surface area (Å²) in [5, 5.41) is 13.4. The molecule has 24 heavy (non-hydrogen) atoms. The van der Waals surface area contributed by atoms with E-state index in [0.717, 1.165) is 3.57 Å². The summed E-state index contributed by atoms with van der Waals surface area (Å²) in [6.07, 6.45) is -1.70. The SMILES string of the molecule is CC(NC(=O)OC(C)(C)C)C(O)c1oc2c(I)cc(Cl)nc2c1Br. The molecule has 0 saturated carbocycles. The van der Waals surface area contributed by atoms with Crippen LogP contribution in [0.4, 0.5) is 4.79 Å². The molecule has 0 saturated heterocycles. The van der Waals surface area contributed by atoms with Crippen LogP contribution in [0.25, 0.3) is 11.1 Å². The van der Waals surface area contributed by atoms with Crippen molar-refractivity contribution in [3.05, 3.63) is 25.0 Å². The van der Waals surface area contributed by atoms with Gasteiger partial charge in [0, 0.05) is 0 Å². The third-order valence-electron chi connectivity index (χ3n) is 3.02. The summed E-state index contributed by atoms with van der Waals surface area (Å²) in [5.74, 6) is 0.265. The van der Waals surface area contributed by atoms with E-state index >= 15 is 0 Å². The number of pyridine rings is 1. The Balaban J connectivity index is 2.25. The van der Waals surface area contributed by atoms with E-state index in [1.165, 1.54) is 0 Å². The number of halogens is 3. The second-order valence-electron chi connectivity index (χ2n) is 6.26. The van der Waals surface area contributed by atoms with Gasteiger partial charge in [-0.3, -0.25) is 0 Å². The normalized spacial score (nSPS) is 14.5. The third kappa shape index (κ3) is 4.53. The Hall–Kier alpha value is -0.580. The molecule has 0 fully saturated rings. The Morgan fingerprint density at radius 3 is 2.75 bits per heavy atom. The van der Waals surface area contributed by atoms with Gasteiger partial charge in [0.05, 0.1) is 14.1 Å². The van der Waals surface area contributed by atoms with E-state index in [1.807, 2.05) is 0 Å². The lowest BCUT2D eigenvalue weighted by Gasteiger charge is -2.23. The fourth-order valence-corrected chi connectivity index (χ4v) is 3.60. The van der Waals surface area contributed by atoms with Gasteiger partial charge in [0.1, 0.15) is 22.4 Å². The summed E-state index contributed by atoms with van der Waals surface area (Å²) >= 11 is 11.4. The predicted molar refractivity (Wildman–Crippen MR) is 103 cm³/mol. The first-order chi connectivity index (χ1) is 11.0. The van der Waals surface area contributed by atoms with Crippen LogP contribution in [0, 0.1) is 3.57 Å². The molecule has 2 aromatic heterocycles. The number of fused-ring (bicyclic) bond motifs is 1. The van der Waals surface area contributed by atoms with Crippen LogP contribution >= 0.6 is 50.1 Å². The Labute approximate surface area is 166 Å². The van der Waals surface area contributed by atoms with Crippen molar-refractivity contribution >= 4 is 67.3 Å². The molecule has 2 unspecified atom stereocenters. The fourth-order valence-electron chi connectivity index (χ4n) is 1.98. The first kappa shape index (κ1) is 19.7. The standard InChI is InChI=1S/C15H17BrClIN2O4/c1-6(19-14(22)24-15(2,3)4)11(21)13-9(16)10-12(23-13)7(18)5-8(17)20-10/h5-6,11,21H,1-4H3,(H,19,22). The van der Waals surface area contributed by atoms with Gasteiger partial charge in [0.15, 0.2) is 11.3 Å².